The van der Waals surface area contributed by atoms with E-state index in [-0.39, 0.29) is 0 Å². The zero-order valence-electron chi connectivity index (χ0n) is 9.19. The van der Waals surface area contributed by atoms with Crippen LogP contribution in [0.5, 0.6) is 0 Å². The largest absolute Gasteiger partial charge is 0.622 e. The fourth-order valence-electron chi connectivity index (χ4n) is 1.85. The predicted octanol–water partition coefficient (Wildman–Crippen LogP) is 2.20. The molecule has 3 nitrogen and oxygen atoms in total. The van der Waals surface area contributed by atoms with E-state index in [2.05, 4.69) is 4.99 Å². The van der Waals surface area contributed by atoms with Gasteiger partial charge in [0.15, 0.2) is 0 Å². The quantitative estimate of drug-likeness (QED) is 0.508. The smallest absolute Gasteiger partial charge is 0.260 e. The van der Waals surface area contributed by atoms with Gasteiger partial charge in [0.05, 0.1) is 0 Å². The molecule has 0 aromatic heterocycles. The van der Waals surface area contributed by atoms with Crippen molar-refractivity contribution in [1.82, 2.24) is 0 Å². The van der Waals surface area contributed by atoms with Crippen LogP contribution in [-0.4, -0.2) is 21.8 Å². The summed E-state index contributed by atoms with van der Waals surface area (Å²) in [5, 5.41) is 12.0. The van der Waals surface area contributed by atoms with E-state index in [0.717, 1.165) is 16.0 Å². The minimum atomic E-state index is -0.671. The first-order valence-corrected chi connectivity index (χ1v) is 4.99. The van der Waals surface area contributed by atoms with Crippen LogP contribution in [0.2, 0.25) is 0 Å². The third kappa shape index (κ3) is 1.54. The molecule has 1 heterocycles. The van der Waals surface area contributed by atoms with Crippen LogP contribution in [0, 0.1) is 5.21 Å². The van der Waals surface area contributed by atoms with Gasteiger partial charge in [-0.1, -0.05) is 18.2 Å². The summed E-state index contributed by atoms with van der Waals surface area (Å²) in [4.78, 5) is 4.35. The molecule has 0 unspecified atom stereocenters. The van der Waals surface area contributed by atoms with Gasteiger partial charge in [-0.05, 0) is 19.1 Å². The van der Waals surface area contributed by atoms with E-state index >= 15 is 0 Å². The summed E-state index contributed by atoms with van der Waals surface area (Å²) >= 11 is 0. The first-order chi connectivity index (χ1) is 7.02. The number of hydrogen-bond donors (Lipinski definition) is 0. The maximum Gasteiger partial charge on any atom is 0.260 e. The molecule has 0 aliphatic carbocycles. The number of nitrogens with zero attached hydrogens (tertiary/aromatic N) is 2. The average molecular weight is 202 g/mol. The van der Waals surface area contributed by atoms with Crippen LogP contribution < -0.4 is 0 Å². The third-order valence-electron chi connectivity index (χ3n) is 2.53. The van der Waals surface area contributed by atoms with Gasteiger partial charge < -0.3 is 5.21 Å². The number of benzene rings is 1. The molecule has 1 aromatic rings. The van der Waals surface area contributed by atoms with Gasteiger partial charge in [-0.3, -0.25) is 0 Å². The normalized spacial score (nSPS) is 19.3. The lowest BCUT2D eigenvalue weighted by Crippen LogP contribution is -2.30. The average Bonchev–Trinajstić information content (AvgIpc) is 2.38. The minimum absolute atomic E-state index is 0.671. The molecule has 0 atom stereocenters. The third-order valence-corrected chi connectivity index (χ3v) is 2.53. The summed E-state index contributed by atoms with van der Waals surface area (Å²) in [5.41, 5.74) is 1.75. The molecule has 0 spiro atoms. The van der Waals surface area contributed by atoms with E-state index in [1.54, 1.807) is 0 Å². The van der Waals surface area contributed by atoms with Crippen molar-refractivity contribution in [3.8, 4) is 0 Å². The lowest BCUT2D eigenvalue weighted by atomic mass is 10.1. The second-order valence-electron chi connectivity index (χ2n) is 4.20. The number of hydrogen-bond acceptors (Lipinski definition) is 2. The van der Waals surface area contributed by atoms with E-state index < -0.39 is 5.66 Å². The highest BCUT2D eigenvalue weighted by Crippen LogP contribution is 2.20. The Kier molecular flexibility index (Phi) is 2.11. The molecule has 2 rings (SSSR count). The van der Waals surface area contributed by atoms with Gasteiger partial charge in [-0.25, -0.2) is 4.99 Å². The first kappa shape index (κ1) is 9.90. The van der Waals surface area contributed by atoms with Crippen LogP contribution in [0.1, 0.15) is 26.3 Å². The Bertz CT molecular complexity index is 444. The molecule has 1 aromatic carbocycles. The van der Waals surface area contributed by atoms with Crippen molar-refractivity contribution in [2.45, 2.75) is 26.4 Å². The second kappa shape index (κ2) is 3.19. The maximum atomic E-state index is 12.0. The second-order valence-corrected chi connectivity index (χ2v) is 4.20. The van der Waals surface area contributed by atoms with Crippen molar-refractivity contribution >= 4 is 11.4 Å². The molecule has 1 aliphatic rings. The Morgan fingerprint density at radius 1 is 1.20 bits per heavy atom. The van der Waals surface area contributed by atoms with Crippen molar-refractivity contribution in [3.05, 3.63) is 41.1 Å². The summed E-state index contributed by atoms with van der Waals surface area (Å²) in [7, 11) is 0. The summed E-state index contributed by atoms with van der Waals surface area (Å²) < 4.78 is 0.984. The topological polar surface area (TPSA) is 38.4 Å². The van der Waals surface area contributed by atoms with Crippen molar-refractivity contribution in [1.29, 1.82) is 0 Å². The van der Waals surface area contributed by atoms with Crippen molar-refractivity contribution in [2.24, 2.45) is 4.99 Å². The maximum absolute atomic E-state index is 12.0. The van der Waals surface area contributed by atoms with Crippen LogP contribution in [0.15, 0.2) is 35.3 Å². The summed E-state index contributed by atoms with van der Waals surface area (Å²) in [6, 6.07) is 9.65. The fraction of sp³-hybridized carbons (Fsp3) is 0.333. The monoisotopic (exact) mass is 202 g/mol. The summed E-state index contributed by atoms with van der Waals surface area (Å²) in [6.45, 7) is 5.51. The zero-order valence-corrected chi connectivity index (χ0v) is 9.19. The van der Waals surface area contributed by atoms with E-state index in [9.17, 15) is 5.21 Å². The van der Waals surface area contributed by atoms with Crippen LogP contribution in [0.25, 0.3) is 0 Å². The Hall–Kier alpha value is -1.64. The number of hydroxylamine groups is 1. The standard InChI is InChI=1S/C12H14N2O/c1-9-11(10-7-5-4-6-8-10)14(15)12(2,3)13-9/h4-8H,1-3H3. The van der Waals surface area contributed by atoms with E-state index in [1.807, 2.05) is 51.1 Å². The molecule has 78 valence electrons. The molecule has 0 radical (unpaired) electrons. The highest BCUT2D eigenvalue weighted by molar-refractivity contribution is 6.46. The van der Waals surface area contributed by atoms with Gasteiger partial charge in [0, 0.05) is 19.4 Å². The number of aliphatic imine (C=N–C) groups is 1. The molecular weight excluding hydrogens is 188 g/mol. The predicted molar refractivity (Wildman–Crippen MR) is 61.4 cm³/mol. The Morgan fingerprint density at radius 3 is 2.27 bits per heavy atom. The zero-order chi connectivity index (χ0) is 11.1. The van der Waals surface area contributed by atoms with Gasteiger partial charge in [-0.2, -0.15) is 4.74 Å². The number of rotatable bonds is 1. The highest BCUT2D eigenvalue weighted by Gasteiger charge is 2.37. The first-order valence-electron chi connectivity index (χ1n) is 4.99. The molecule has 0 saturated carbocycles. The van der Waals surface area contributed by atoms with Gasteiger partial charge in [-0.15, -0.1) is 0 Å². The molecule has 15 heavy (non-hydrogen) atoms. The molecular formula is C12H14N2O. The summed E-state index contributed by atoms with van der Waals surface area (Å²) in [5.74, 6) is 0. The van der Waals surface area contributed by atoms with Gasteiger partial charge in [0.2, 0.25) is 5.71 Å². The molecule has 0 amide bonds. The van der Waals surface area contributed by atoms with Gasteiger partial charge >= 0.3 is 0 Å². The van der Waals surface area contributed by atoms with Crippen LogP contribution in [0.4, 0.5) is 0 Å². The van der Waals surface area contributed by atoms with E-state index in [4.69, 9.17) is 0 Å². The molecule has 0 bridgehead atoms. The lowest BCUT2D eigenvalue weighted by Gasteiger charge is -2.15. The Morgan fingerprint density at radius 2 is 1.80 bits per heavy atom. The SMILES string of the molecule is CC1=NC(C)(C)[N+]([O-])=C1c1ccccc1. The van der Waals surface area contributed by atoms with Gasteiger partial charge in [0.1, 0.15) is 5.71 Å². The van der Waals surface area contributed by atoms with E-state index in [1.165, 1.54) is 0 Å². The molecule has 0 fully saturated rings. The lowest BCUT2D eigenvalue weighted by molar-refractivity contribution is -0.531. The van der Waals surface area contributed by atoms with Crippen molar-refractivity contribution < 1.29 is 4.74 Å². The van der Waals surface area contributed by atoms with Crippen LogP contribution >= 0.6 is 0 Å². The highest BCUT2D eigenvalue weighted by atomic mass is 16.5. The summed E-state index contributed by atoms with van der Waals surface area (Å²) in [6.07, 6.45) is 0. The Balaban J connectivity index is 2.56. The molecule has 0 N–H and O–H groups in total. The molecule has 3 heteroatoms. The minimum Gasteiger partial charge on any atom is -0.622 e. The van der Waals surface area contributed by atoms with Crippen LogP contribution in [0.3, 0.4) is 0 Å². The van der Waals surface area contributed by atoms with Crippen molar-refractivity contribution in [2.75, 3.05) is 0 Å². The van der Waals surface area contributed by atoms with Crippen molar-refractivity contribution in [3.63, 3.8) is 0 Å². The van der Waals surface area contributed by atoms with Crippen LogP contribution in [-0.2, 0) is 0 Å². The van der Waals surface area contributed by atoms with Gasteiger partial charge in [0.25, 0.3) is 5.66 Å². The fourth-order valence-corrected chi connectivity index (χ4v) is 1.85. The Labute approximate surface area is 89.4 Å². The molecule has 0 saturated heterocycles. The molecule has 1 aliphatic heterocycles. The van der Waals surface area contributed by atoms with E-state index in [0.29, 0.717) is 5.71 Å².